The van der Waals surface area contributed by atoms with Crippen molar-refractivity contribution in [1.29, 1.82) is 5.26 Å². The van der Waals surface area contributed by atoms with Gasteiger partial charge in [-0.15, -0.1) is 0 Å². The third kappa shape index (κ3) is 4.42. The first-order valence-corrected chi connectivity index (χ1v) is 6.38. The summed E-state index contributed by atoms with van der Waals surface area (Å²) in [6.07, 6.45) is -4.55. The summed E-state index contributed by atoms with van der Waals surface area (Å²) in [6.45, 7) is 6.70. The lowest BCUT2D eigenvalue weighted by molar-refractivity contribution is -0.137. The first kappa shape index (κ1) is 16.3. The van der Waals surface area contributed by atoms with Crippen LogP contribution >= 0.6 is 0 Å². The van der Waals surface area contributed by atoms with Crippen LogP contribution in [0.4, 0.5) is 13.2 Å². The van der Waals surface area contributed by atoms with E-state index >= 15 is 0 Å². The second-order valence-electron chi connectivity index (χ2n) is 4.19. The minimum Gasteiger partial charge on any atom is -0.492 e. The molecule has 0 fully saturated rings. The summed E-state index contributed by atoms with van der Waals surface area (Å²) in [5.74, 6) is 0.128. The van der Waals surface area contributed by atoms with E-state index in [0.717, 1.165) is 25.2 Å². The molecule has 110 valence electrons. The van der Waals surface area contributed by atoms with Crippen molar-refractivity contribution in [2.24, 2.45) is 0 Å². The summed E-state index contributed by atoms with van der Waals surface area (Å²) in [6, 6.07) is 4.93. The van der Waals surface area contributed by atoms with Gasteiger partial charge in [-0.05, 0) is 31.3 Å². The third-order valence-corrected chi connectivity index (χ3v) is 2.99. The largest absolute Gasteiger partial charge is 0.492 e. The fourth-order valence-electron chi connectivity index (χ4n) is 1.78. The quantitative estimate of drug-likeness (QED) is 0.805. The van der Waals surface area contributed by atoms with Crippen molar-refractivity contribution >= 4 is 0 Å². The molecule has 0 N–H and O–H groups in total. The van der Waals surface area contributed by atoms with Gasteiger partial charge >= 0.3 is 6.18 Å². The van der Waals surface area contributed by atoms with Crippen LogP contribution in [0.3, 0.4) is 0 Å². The molecule has 20 heavy (non-hydrogen) atoms. The van der Waals surface area contributed by atoms with Crippen LogP contribution in [0.2, 0.25) is 0 Å². The maximum absolute atomic E-state index is 12.8. The zero-order valence-electron chi connectivity index (χ0n) is 11.5. The van der Waals surface area contributed by atoms with E-state index in [0.29, 0.717) is 13.2 Å². The molecule has 0 saturated heterocycles. The molecule has 0 heterocycles. The number of halogens is 3. The molecule has 0 unspecified atom stereocenters. The lowest BCUT2D eigenvalue weighted by atomic mass is 10.1. The SMILES string of the molecule is CCN(CC)CCOc1ccc(C#N)c(C(F)(F)F)c1. The second kappa shape index (κ2) is 7.15. The molecule has 0 aliphatic rings. The molecule has 1 aromatic carbocycles. The first-order chi connectivity index (χ1) is 9.42. The van der Waals surface area contributed by atoms with Crippen molar-refractivity contribution in [2.75, 3.05) is 26.2 Å². The summed E-state index contributed by atoms with van der Waals surface area (Å²) in [7, 11) is 0. The Hall–Kier alpha value is -1.74. The van der Waals surface area contributed by atoms with E-state index in [9.17, 15) is 13.2 Å². The molecule has 0 saturated carbocycles. The fraction of sp³-hybridized carbons (Fsp3) is 0.500. The molecular weight excluding hydrogens is 269 g/mol. The lowest BCUT2D eigenvalue weighted by Crippen LogP contribution is -2.27. The molecule has 1 aromatic rings. The number of benzene rings is 1. The van der Waals surface area contributed by atoms with Crippen molar-refractivity contribution in [3.05, 3.63) is 29.3 Å². The maximum atomic E-state index is 12.8. The van der Waals surface area contributed by atoms with Gasteiger partial charge in [-0.25, -0.2) is 0 Å². The van der Waals surface area contributed by atoms with E-state index in [4.69, 9.17) is 10.00 Å². The topological polar surface area (TPSA) is 36.3 Å². The number of hydrogen-bond acceptors (Lipinski definition) is 3. The van der Waals surface area contributed by atoms with Crippen LogP contribution in [0.15, 0.2) is 18.2 Å². The van der Waals surface area contributed by atoms with Crippen LogP contribution in [0.25, 0.3) is 0 Å². The summed E-state index contributed by atoms with van der Waals surface area (Å²) in [4.78, 5) is 2.11. The number of ether oxygens (including phenoxy) is 1. The van der Waals surface area contributed by atoms with Gasteiger partial charge in [0.25, 0.3) is 0 Å². The molecule has 0 aliphatic carbocycles. The van der Waals surface area contributed by atoms with Gasteiger partial charge < -0.3 is 9.64 Å². The van der Waals surface area contributed by atoms with E-state index in [1.165, 1.54) is 12.1 Å². The van der Waals surface area contributed by atoms with E-state index in [2.05, 4.69) is 4.90 Å². The Morgan fingerprint density at radius 1 is 1.25 bits per heavy atom. The second-order valence-corrected chi connectivity index (χ2v) is 4.19. The Kier molecular flexibility index (Phi) is 5.83. The average molecular weight is 286 g/mol. The Bertz CT molecular complexity index is 476. The van der Waals surface area contributed by atoms with E-state index in [1.54, 1.807) is 0 Å². The number of alkyl halides is 3. The maximum Gasteiger partial charge on any atom is 0.417 e. The summed E-state index contributed by atoms with van der Waals surface area (Å²) in [5.41, 5.74) is -1.35. The highest BCUT2D eigenvalue weighted by molar-refractivity contribution is 5.44. The molecule has 0 bridgehead atoms. The molecule has 0 aliphatic heterocycles. The number of hydrogen-bond donors (Lipinski definition) is 0. The zero-order valence-corrected chi connectivity index (χ0v) is 11.5. The van der Waals surface area contributed by atoms with Gasteiger partial charge in [0.15, 0.2) is 0 Å². The van der Waals surface area contributed by atoms with Gasteiger partial charge in [0.1, 0.15) is 12.4 Å². The molecule has 0 radical (unpaired) electrons. The summed E-state index contributed by atoms with van der Waals surface area (Å²) >= 11 is 0. The molecular formula is C14H17F3N2O. The zero-order chi connectivity index (χ0) is 15.2. The molecule has 0 spiro atoms. The van der Waals surface area contributed by atoms with Crippen LogP contribution in [-0.4, -0.2) is 31.1 Å². The third-order valence-electron chi connectivity index (χ3n) is 2.99. The van der Waals surface area contributed by atoms with Crippen molar-refractivity contribution in [1.82, 2.24) is 4.90 Å². The number of rotatable bonds is 6. The Morgan fingerprint density at radius 2 is 1.90 bits per heavy atom. The molecule has 0 atom stereocenters. The van der Waals surface area contributed by atoms with Crippen molar-refractivity contribution < 1.29 is 17.9 Å². The number of nitriles is 1. The smallest absolute Gasteiger partial charge is 0.417 e. The Morgan fingerprint density at radius 3 is 2.40 bits per heavy atom. The fourth-order valence-corrected chi connectivity index (χ4v) is 1.78. The average Bonchev–Trinajstić information content (AvgIpc) is 2.42. The Labute approximate surface area is 116 Å². The highest BCUT2D eigenvalue weighted by Gasteiger charge is 2.34. The van der Waals surface area contributed by atoms with Crippen molar-refractivity contribution in [3.8, 4) is 11.8 Å². The van der Waals surface area contributed by atoms with Crippen LogP contribution in [0.1, 0.15) is 25.0 Å². The minimum atomic E-state index is -4.55. The minimum absolute atomic E-state index is 0.128. The van der Waals surface area contributed by atoms with E-state index in [1.807, 2.05) is 13.8 Å². The number of likely N-dealkylation sites (N-methyl/N-ethyl adjacent to an activating group) is 1. The van der Waals surface area contributed by atoms with Crippen LogP contribution in [0, 0.1) is 11.3 Å². The van der Waals surface area contributed by atoms with Crippen LogP contribution < -0.4 is 4.74 Å². The first-order valence-electron chi connectivity index (χ1n) is 6.38. The molecule has 6 heteroatoms. The van der Waals surface area contributed by atoms with Crippen LogP contribution in [-0.2, 0) is 6.18 Å². The Balaban J connectivity index is 2.76. The molecule has 3 nitrogen and oxygen atoms in total. The lowest BCUT2D eigenvalue weighted by Gasteiger charge is -2.18. The van der Waals surface area contributed by atoms with Gasteiger partial charge in [0.05, 0.1) is 17.2 Å². The van der Waals surface area contributed by atoms with Gasteiger partial charge in [0, 0.05) is 6.54 Å². The van der Waals surface area contributed by atoms with Gasteiger partial charge in [-0.3, -0.25) is 0 Å². The van der Waals surface area contributed by atoms with E-state index in [-0.39, 0.29) is 5.75 Å². The van der Waals surface area contributed by atoms with Crippen molar-refractivity contribution in [3.63, 3.8) is 0 Å². The van der Waals surface area contributed by atoms with Crippen molar-refractivity contribution in [2.45, 2.75) is 20.0 Å². The van der Waals surface area contributed by atoms with Gasteiger partial charge in [-0.1, -0.05) is 13.8 Å². The predicted molar refractivity (Wildman–Crippen MR) is 69.4 cm³/mol. The van der Waals surface area contributed by atoms with Gasteiger partial charge in [-0.2, -0.15) is 18.4 Å². The van der Waals surface area contributed by atoms with E-state index < -0.39 is 17.3 Å². The van der Waals surface area contributed by atoms with Gasteiger partial charge in [0.2, 0.25) is 0 Å². The highest BCUT2D eigenvalue weighted by atomic mass is 19.4. The summed E-state index contributed by atoms with van der Waals surface area (Å²) in [5, 5.41) is 8.69. The molecule has 1 rings (SSSR count). The summed E-state index contributed by atoms with van der Waals surface area (Å²) < 4.78 is 43.6. The monoisotopic (exact) mass is 286 g/mol. The molecule has 0 amide bonds. The number of nitrogens with zero attached hydrogens (tertiary/aromatic N) is 2. The van der Waals surface area contributed by atoms with Crippen LogP contribution in [0.5, 0.6) is 5.75 Å². The highest BCUT2D eigenvalue weighted by Crippen LogP contribution is 2.34. The molecule has 0 aromatic heterocycles. The normalized spacial score (nSPS) is 11.4. The standard InChI is InChI=1S/C14H17F3N2O/c1-3-19(4-2)7-8-20-12-6-5-11(10-18)13(9-12)14(15,16)17/h5-6,9H,3-4,7-8H2,1-2H3. The predicted octanol–water partition coefficient (Wildman–Crippen LogP) is 3.30.